The van der Waals surface area contributed by atoms with Crippen molar-refractivity contribution in [2.45, 2.75) is 25.4 Å². The highest BCUT2D eigenvalue weighted by molar-refractivity contribution is 5.76. The van der Waals surface area contributed by atoms with E-state index in [1.807, 2.05) is 23.1 Å². The molecular formula is C15H22N2O2. The molecule has 1 atom stereocenters. The molecule has 1 saturated heterocycles. The third-order valence-corrected chi connectivity index (χ3v) is 3.45. The second-order valence-corrected chi connectivity index (χ2v) is 4.91. The van der Waals surface area contributed by atoms with Crippen LogP contribution in [0.5, 0.6) is 0 Å². The summed E-state index contributed by atoms with van der Waals surface area (Å²) in [5, 5.41) is 0. The van der Waals surface area contributed by atoms with Crippen LogP contribution in [0.25, 0.3) is 0 Å². The number of hydrogen-bond acceptors (Lipinski definition) is 3. The molecule has 1 aromatic carbocycles. The van der Waals surface area contributed by atoms with Crippen molar-refractivity contribution < 1.29 is 9.53 Å². The summed E-state index contributed by atoms with van der Waals surface area (Å²) in [6.45, 7) is 2.42. The van der Waals surface area contributed by atoms with E-state index in [0.29, 0.717) is 32.7 Å². The van der Waals surface area contributed by atoms with Gasteiger partial charge in [-0.05, 0) is 18.4 Å². The van der Waals surface area contributed by atoms with Crippen molar-refractivity contribution in [3.63, 3.8) is 0 Å². The quantitative estimate of drug-likeness (QED) is 0.867. The van der Waals surface area contributed by atoms with Crippen LogP contribution in [0.3, 0.4) is 0 Å². The Morgan fingerprint density at radius 3 is 2.89 bits per heavy atom. The van der Waals surface area contributed by atoms with Crippen molar-refractivity contribution >= 4 is 5.91 Å². The molecule has 19 heavy (non-hydrogen) atoms. The third kappa shape index (κ3) is 4.33. The number of morpholine rings is 1. The molecule has 1 aliphatic heterocycles. The van der Waals surface area contributed by atoms with Crippen molar-refractivity contribution in [3.05, 3.63) is 35.9 Å². The van der Waals surface area contributed by atoms with Gasteiger partial charge in [0, 0.05) is 26.1 Å². The molecule has 1 amide bonds. The molecule has 1 heterocycles. The average Bonchev–Trinajstić information content (AvgIpc) is 2.48. The first-order chi connectivity index (χ1) is 9.29. The van der Waals surface area contributed by atoms with Gasteiger partial charge in [-0.25, -0.2) is 0 Å². The van der Waals surface area contributed by atoms with Crippen LogP contribution in [0.2, 0.25) is 0 Å². The largest absolute Gasteiger partial charge is 0.373 e. The maximum Gasteiger partial charge on any atom is 0.222 e. The van der Waals surface area contributed by atoms with Gasteiger partial charge in [0.15, 0.2) is 0 Å². The van der Waals surface area contributed by atoms with Crippen molar-refractivity contribution in [2.24, 2.45) is 5.73 Å². The lowest BCUT2D eigenvalue weighted by atomic mass is 10.1. The first kappa shape index (κ1) is 14.0. The SMILES string of the molecule is NCC1CN(C(=O)CCCc2ccccc2)CCO1. The average molecular weight is 262 g/mol. The van der Waals surface area contributed by atoms with E-state index >= 15 is 0 Å². The molecule has 4 nitrogen and oxygen atoms in total. The fourth-order valence-electron chi connectivity index (χ4n) is 2.33. The Hall–Kier alpha value is -1.39. The standard InChI is InChI=1S/C15H22N2O2/c16-11-14-12-17(9-10-19-14)15(18)8-4-7-13-5-2-1-3-6-13/h1-3,5-6,14H,4,7-12,16H2. The molecule has 1 aromatic rings. The zero-order chi connectivity index (χ0) is 13.5. The number of amides is 1. The van der Waals surface area contributed by atoms with Crippen LogP contribution in [-0.2, 0) is 16.0 Å². The second-order valence-electron chi connectivity index (χ2n) is 4.91. The highest BCUT2D eigenvalue weighted by Gasteiger charge is 2.22. The van der Waals surface area contributed by atoms with Crippen molar-refractivity contribution in [2.75, 3.05) is 26.2 Å². The molecular weight excluding hydrogens is 240 g/mol. The van der Waals surface area contributed by atoms with Gasteiger partial charge in [0.25, 0.3) is 0 Å². The summed E-state index contributed by atoms with van der Waals surface area (Å²) in [4.78, 5) is 14.0. The fraction of sp³-hybridized carbons (Fsp3) is 0.533. The molecule has 2 rings (SSSR count). The van der Waals surface area contributed by atoms with E-state index in [2.05, 4.69) is 12.1 Å². The molecule has 1 unspecified atom stereocenters. The molecule has 0 aromatic heterocycles. The van der Waals surface area contributed by atoms with E-state index in [9.17, 15) is 4.79 Å². The Balaban J connectivity index is 1.72. The second kappa shape index (κ2) is 7.26. The van der Waals surface area contributed by atoms with Gasteiger partial charge < -0.3 is 15.4 Å². The van der Waals surface area contributed by atoms with Crippen molar-refractivity contribution in [1.82, 2.24) is 4.90 Å². The van der Waals surface area contributed by atoms with Crippen LogP contribution >= 0.6 is 0 Å². The van der Waals surface area contributed by atoms with Gasteiger partial charge in [-0.15, -0.1) is 0 Å². The number of benzene rings is 1. The summed E-state index contributed by atoms with van der Waals surface area (Å²) < 4.78 is 5.46. The number of hydrogen-bond donors (Lipinski definition) is 1. The highest BCUT2D eigenvalue weighted by atomic mass is 16.5. The number of nitrogens with two attached hydrogens (primary N) is 1. The molecule has 0 spiro atoms. The zero-order valence-corrected chi connectivity index (χ0v) is 11.3. The molecule has 0 aliphatic carbocycles. The molecule has 1 fully saturated rings. The molecule has 0 bridgehead atoms. The summed E-state index contributed by atoms with van der Waals surface area (Å²) in [6, 6.07) is 10.3. The Morgan fingerprint density at radius 2 is 2.16 bits per heavy atom. The summed E-state index contributed by atoms with van der Waals surface area (Å²) >= 11 is 0. The van der Waals surface area contributed by atoms with Crippen LogP contribution in [0.4, 0.5) is 0 Å². The van der Waals surface area contributed by atoms with Gasteiger partial charge in [-0.2, -0.15) is 0 Å². The summed E-state index contributed by atoms with van der Waals surface area (Å²) in [6.07, 6.45) is 2.46. The first-order valence-corrected chi connectivity index (χ1v) is 6.93. The summed E-state index contributed by atoms with van der Waals surface area (Å²) in [5.41, 5.74) is 6.87. The van der Waals surface area contributed by atoms with E-state index in [1.54, 1.807) is 0 Å². The number of ether oxygens (including phenoxy) is 1. The zero-order valence-electron chi connectivity index (χ0n) is 11.3. The highest BCUT2D eigenvalue weighted by Crippen LogP contribution is 2.09. The lowest BCUT2D eigenvalue weighted by Gasteiger charge is -2.32. The van der Waals surface area contributed by atoms with Gasteiger partial charge in [0.05, 0.1) is 12.7 Å². The molecule has 1 aliphatic rings. The lowest BCUT2D eigenvalue weighted by Crippen LogP contribution is -2.48. The first-order valence-electron chi connectivity index (χ1n) is 6.93. The summed E-state index contributed by atoms with van der Waals surface area (Å²) in [7, 11) is 0. The molecule has 2 N–H and O–H groups in total. The van der Waals surface area contributed by atoms with Crippen LogP contribution in [0.15, 0.2) is 30.3 Å². The van der Waals surface area contributed by atoms with E-state index < -0.39 is 0 Å². The Morgan fingerprint density at radius 1 is 1.37 bits per heavy atom. The number of rotatable bonds is 5. The maximum absolute atomic E-state index is 12.1. The van der Waals surface area contributed by atoms with Gasteiger partial charge in [-0.3, -0.25) is 4.79 Å². The Bertz CT molecular complexity index is 394. The molecule has 0 radical (unpaired) electrons. The van der Waals surface area contributed by atoms with Crippen molar-refractivity contribution in [1.29, 1.82) is 0 Å². The summed E-state index contributed by atoms with van der Waals surface area (Å²) in [5.74, 6) is 0.220. The topological polar surface area (TPSA) is 55.6 Å². The molecule has 104 valence electrons. The number of carbonyl (C=O) groups is 1. The van der Waals surface area contributed by atoms with Crippen LogP contribution in [0.1, 0.15) is 18.4 Å². The van der Waals surface area contributed by atoms with E-state index in [-0.39, 0.29) is 12.0 Å². The number of aryl methyl sites for hydroxylation is 1. The van der Waals surface area contributed by atoms with Crippen molar-refractivity contribution in [3.8, 4) is 0 Å². The van der Waals surface area contributed by atoms with Gasteiger partial charge >= 0.3 is 0 Å². The lowest BCUT2D eigenvalue weighted by molar-refractivity contribution is -0.138. The smallest absolute Gasteiger partial charge is 0.222 e. The van der Waals surface area contributed by atoms with Crippen LogP contribution in [-0.4, -0.2) is 43.2 Å². The van der Waals surface area contributed by atoms with Gasteiger partial charge in [0.1, 0.15) is 0 Å². The minimum absolute atomic E-state index is 0.00632. The number of carbonyl (C=O) groups excluding carboxylic acids is 1. The Kier molecular flexibility index (Phi) is 5.36. The fourth-order valence-corrected chi connectivity index (χ4v) is 2.33. The Labute approximate surface area is 114 Å². The maximum atomic E-state index is 12.1. The monoisotopic (exact) mass is 262 g/mol. The van der Waals surface area contributed by atoms with Crippen LogP contribution in [0, 0.1) is 0 Å². The van der Waals surface area contributed by atoms with E-state index in [1.165, 1.54) is 5.56 Å². The molecule has 4 heteroatoms. The molecule has 0 saturated carbocycles. The normalized spacial score (nSPS) is 19.4. The van der Waals surface area contributed by atoms with E-state index in [4.69, 9.17) is 10.5 Å². The van der Waals surface area contributed by atoms with Crippen LogP contribution < -0.4 is 5.73 Å². The predicted octanol–water partition coefficient (Wildman–Crippen LogP) is 1.20. The van der Waals surface area contributed by atoms with Gasteiger partial charge in [0.2, 0.25) is 5.91 Å². The third-order valence-electron chi connectivity index (χ3n) is 3.45. The predicted molar refractivity (Wildman–Crippen MR) is 74.8 cm³/mol. The van der Waals surface area contributed by atoms with E-state index in [0.717, 1.165) is 12.8 Å². The number of nitrogens with zero attached hydrogens (tertiary/aromatic N) is 1. The van der Waals surface area contributed by atoms with Gasteiger partial charge in [-0.1, -0.05) is 30.3 Å². The minimum atomic E-state index is 0.00632. The minimum Gasteiger partial charge on any atom is -0.373 e.